The van der Waals surface area contributed by atoms with Crippen molar-refractivity contribution in [3.05, 3.63) is 54.4 Å². The Morgan fingerprint density at radius 3 is 2.85 bits per heavy atom. The van der Waals surface area contributed by atoms with Gasteiger partial charge in [-0.3, -0.25) is 9.78 Å². The number of likely N-dealkylation sites (N-methyl/N-ethyl adjacent to an activating group) is 1. The lowest BCUT2D eigenvalue weighted by Crippen LogP contribution is -2.40. The maximum Gasteiger partial charge on any atom is 0.244 e. The Morgan fingerprint density at radius 1 is 1.33 bits per heavy atom. The minimum atomic E-state index is -3.75. The maximum atomic E-state index is 12.8. The third kappa shape index (κ3) is 4.12. The first-order valence-corrected chi connectivity index (χ1v) is 10.2. The summed E-state index contributed by atoms with van der Waals surface area (Å²) in [7, 11) is -0.733. The maximum absolute atomic E-state index is 12.8. The van der Waals surface area contributed by atoms with Gasteiger partial charge in [-0.1, -0.05) is 12.1 Å². The van der Waals surface area contributed by atoms with Crippen LogP contribution in [0, 0.1) is 0 Å². The molecule has 3 rings (SSSR count). The number of carbonyl (C=O) groups is 1. The summed E-state index contributed by atoms with van der Waals surface area (Å²) in [6, 6.07) is 10.6. The molecule has 0 aliphatic carbocycles. The largest absolute Gasteiger partial charge is 0.497 e. The van der Waals surface area contributed by atoms with Crippen molar-refractivity contribution < 1.29 is 17.9 Å². The molecule has 7 nitrogen and oxygen atoms in total. The molecule has 1 unspecified atom stereocenters. The first-order chi connectivity index (χ1) is 12.9. The van der Waals surface area contributed by atoms with Gasteiger partial charge in [-0.25, -0.2) is 8.42 Å². The van der Waals surface area contributed by atoms with Gasteiger partial charge in [0.2, 0.25) is 15.9 Å². The molecule has 0 bridgehead atoms. The summed E-state index contributed by atoms with van der Waals surface area (Å²) in [5, 5.41) is 0. The molecule has 1 aromatic carbocycles. The lowest BCUT2D eigenvalue weighted by atomic mass is 10.0. The molecule has 1 aliphatic heterocycles. The average Bonchev–Trinajstić information content (AvgIpc) is 3.18. The van der Waals surface area contributed by atoms with E-state index in [0.29, 0.717) is 6.54 Å². The van der Waals surface area contributed by atoms with Crippen LogP contribution < -0.4 is 4.74 Å². The van der Waals surface area contributed by atoms with Crippen LogP contribution in [0.25, 0.3) is 0 Å². The first-order valence-electron chi connectivity index (χ1n) is 8.73. The Labute approximate surface area is 159 Å². The van der Waals surface area contributed by atoms with Crippen LogP contribution in [0.3, 0.4) is 0 Å². The van der Waals surface area contributed by atoms with Crippen molar-refractivity contribution in [2.24, 2.45) is 0 Å². The van der Waals surface area contributed by atoms with Crippen molar-refractivity contribution in [2.45, 2.75) is 23.8 Å². The fourth-order valence-corrected chi connectivity index (χ4v) is 4.39. The molecule has 1 fully saturated rings. The molecule has 1 saturated heterocycles. The summed E-state index contributed by atoms with van der Waals surface area (Å²) >= 11 is 0. The second-order valence-corrected chi connectivity index (χ2v) is 8.52. The number of amides is 1. The number of hydrogen-bond donors (Lipinski definition) is 0. The molecule has 0 N–H and O–H groups in total. The Morgan fingerprint density at radius 2 is 2.15 bits per heavy atom. The molecule has 0 radical (unpaired) electrons. The molecular formula is C19H23N3O4S. The highest BCUT2D eigenvalue weighted by molar-refractivity contribution is 7.89. The quantitative estimate of drug-likeness (QED) is 0.756. The fourth-order valence-electron chi connectivity index (χ4n) is 3.31. The Hall–Kier alpha value is -2.45. The van der Waals surface area contributed by atoms with Gasteiger partial charge in [-0.2, -0.15) is 4.31 Å². The van der Waals surface area contributed by atoms with E-state index in [9.17, 15) is 13.2 Å². The average molecular weight is 389 g/mol. The van der Waals surface area contributed by atoms with Crippen LogP contribution in [0.2, 0.25) is 0 Å². The molecule has 2 heterocycles. The third-order valence-corrected chi connectivity index (χ3v) is 6.54. The van der Waals surface area contributed by atoms with Gasteiger partial charge in [0, 0.05) is 26.0 Å². The standard InChI is InChI=1S/C19H23N3O4S/c1-21(27(24,25)17-8-4-10-20-13-17)14-19(23)22-11-5-9-18(22)15-6-3-7-16(12-15)26-2/h3-4,6-8,10,12-13,18H,5,9,11,14H2,1-2H3. The Balaban J connectivity index is 1.75. The van der Waals surface area contributed by atoms with Gasteiger partial charge < -0.3 is 9.64 Å². The predicted octanol–water partition coefficient (Wildman–Crippen LogP) is 2.07. The first kappa shape index (κ1) is 19.3. The molecule has 1 aromatic heterocycles. The molecule has 1 atom stereocenters. The Kier molecular flexibility index (Phi) is 5.76. The highest BCUT2D eigenvalue weighted by Gasteiger charge is 2.32. The van der Waals surface area contributed by atoms with Crippen molar-refractivity contribution in [1.82, 2.24) is 14.2 Å². The summed E-state index contributed by atoms with van der Waals surface area (Å²) in [5.41, 5.74) is 0.998. The highest BCUT2D eigenvalue weighted by atomic mass is 32.2. The number of hydrogen-bond acceptors (Lipinski definition) is 5. The molecule has 8 heteroatoms. The zero-order valence-electron chi connectivity index (χ0n) is 15.4. The van der Waals surface area contributed by atoms with E-state index in [-0.39, 0.29) is 23.4 Å². The van der Waals surface area contributed by atoms with Gasteiger partial charge in [0.05, 0.1) is 19.7 Å². The molecule has 1 amide bonds. The van der Waals surface area contributed by atoms with Crippen LogP contribution in [-0.4, -0.2) is 55.8 Å². The molecule has 0 saturated carbocycles. The SMILES string of the molecule is COc1cccc(C2CCCN2C(=O)CN(C)S(=O)(=O)c2cccnc2)c1. The number of ether oxygens (including phenoxy) is 1. The monoisotopic (exact) mass is 389 g/mol. The predicted molar refractivity (Wildman–Crippen MR) is 101 cm³/mol. The van der Waals surface area contributed by atoms with E-state index < -0.39 is 10.0 Å². The van der Waals surface area contributed by atoms with Gasteiger partial charge >= 0.3 is 0 Å². The van der Waals surface area contributed by atoms with Crippen LogP contribution >= 0.6 is 0 Å². The van der Waals surface area contributed by atoms with Crippen molar-refractivity contribution in [3.8, 4) is 5.75 Å². The third-order valence-electron chi connectivity index (χ3n) is 4.75. The Bertz CT molecular complexity index is 902. The summed E-state index contributed by atoms with van der Waals surface area (Å²) in [6.07, 6.45) is 4.52. The normalized spacial score (nSPS) is 17.3. The highest BCUT2D eigenvalue weighted by Crippen LogP contribution is 2.33. The molecule has 1 aliphatic rings. The molecule has 27 heavy (non-hydrogen) atoms. The van der Waals surface area contributed by atoms with Crippen LogP contribution in [0.5, 0.6) is 5.75 Å². The van der Waals surface area contributed by atoms with Crippen LogP contribution in [0.4, 0.5) is 0 Å². The zero-order valence-corrected chi connectivity index (χ0v) is 16.2. The summed E-state index contributed by atoms with van der Waals surface area (Å²) < 4.78 is 31.6. The van der Waals surface area contributed by atoms with Crippen molar-refractivity contribution in [2.75, 3.05) is 27.2 Å². The van der Waals surface area contributed by atoms with Crippen molar-refractivity contribution in [1.29, 1.82) is 0 Å². The number of methoxy groups -OCH3 is 1. The van der Waals surface area contributed by atoms with E-state index in [1.807, 2.05) is 24.3 Å². The number of pyridine rings is 1. The number of sulfonamides is 1. The van der Waals surface area contributed by atoms with E-state index in [0.717, 1.165) is 28.5 Å². The topological polar surface area (TPSA) is 79.8 Å². The van der Waals surface area contributed by atoms with E-state index >= 15 is 0 Å². The van der Waals surface area contributed by atoms with Gasteiger partial charge in [-0.15, -0.1) is 0 Å². The number of carbonyl (C=O) groups excluding carboxylic acids is 1. The summed E-state index contributed by atoms with van der Waals surface area (Å²) in [6.45, 7) is 0.402. The number of rotatable bonds is 6. The van der Waals surface area contributed by atoms with E-state index in [2.05, 4.69) is 4.98 Å². The summed E-state index contributed by atoms with van der Waals surface area (Å²) in [5.74, 6) is 0.526. The van der Waals surface area contributed by atoms with Crippen LogP contribution in [0.15, 0.2) is 53.7 Å². The van der Waals surface area contributed by atoms with Gasteiger partial charge in [0.15, 0.2) is 0 Å². The molecule has 144 valence electrons. The number of likely N-dealkylation sites (tertiary alicyclic amines) is 1. The van der Waals surface area contributed by atoms with Crippen LogP contribution in [-0.2, 0) is 14.8 Å². The number of nitrogens with zero attached hydrogens (tertiary/aromatic N) is 3. The van der Waals surface area contributed by atoms with E-state index in [1.54, 1.807) is 18.1 Å². The smallest absolute Gasteiger partial charge is 0.244 e. The van der Waals surface area contributed by atoms with Gasteiger partial charge in [0.1, 0.15) is 10.6 Å². The van der Waals surface area contributed by atoms with Crippen LogP contribution in [0.1, 0.15) is 24.4 Å². The van der Waals surface area contributed by atoms with Crippen molar-refractivity contribution in [3.63, 3.8) is 0 Å². The van der Waals surface area contributed by atoms with E-state index in [4.69, 9.17) is 4.74 Å². The minimum absolute atomic E-state index is 0.0675. The molecular weight excluding hydrogens is 366 g/mol. The second kappa shape index (κ2) is 8.06. The summed E-state index contributed by atoms with van der Waals surface area (Å²) in [4.78, 5) is 18.5. The van der Waals surface area contributed by atoms with E-state index in [1.165, 1.54) is 25.5 Å². The lowest BCUT2D eigenvalue weighted by molar-refractivity contribution is -0.132. The fraction of sp³-hybridized carbons (Fsp3) is 0.368. The number of benzene rings is 1. The molecule has 0 spiro atoms. The van der Waals surface area contributed by atoms with Gasteiger partial charge in [0.25, 0.3) is 0 Å². The molecule has 2 aromatic rings. The van der Waals surface area contributed by atoms with Crippen molar-refractivity contribution >= 4 is 15.9 Å². The second-order valence-electron chi connectivity index (χ2n) is 6.47. The minimum Gasteiger partial charge on any atom is -0.497 e. The van der Waals surface area contributed by atoms with Gasteiger partial charge in [-0.05, 0) is 42.7 Å². The zero-order chi connectivity index (χ0) is 19.4. The number of aromatic nitrogens is 1. The lowest BCUT2D eigenvalue weighted by Gasteiger charge is -2.27.